The van der Waals surface area contributed by atoms with E-state index in [1.807, 2.05) is 29.2 Å². The van der Waals surface area contributed by atoms with Crippen molar-refractivity contribution in [3.05, 3.63) is 64.2 Å². The van der Waals surface area contributed by atoms with Crippen LogP contribution in [0.1, 0.15) is 34.5 Å². The SMILES string of the molecule is Cc1ccc(C(=O)N2CCN(C(C)c3ccccc3Cl)CC2)cc1NS(C)(=O)=O. The van der Waals surface area contributed by atoms with Gasteiger partial charge in [0.2, 0.25) is 10.0 Å². The maximum Gasteiger partial charge on any atom is 0.254 e. The van der Waals surface area contributed by atoms with Crippen molar-refractivity contribution in [3.63, 3.8) is 0 Å². The number of piperazine rings is 1. The molecule has 6 nitrogen and oxygen atoms in total. The quantitative estimate of drug-likeness (QED) is 0.779. The molecule has 1 heterocycles. The summed E-state index contributed by atoms with van der Waals surface area (Å²) in [5.41, 5.74) is 2.77. The highest BCUT2D eigenvalue weighted by Gasteiger charge is 2.26. The van der Waals surface area contributed by atoms with E-state index in [2.05, 4.69) is 16.5 Å². The van der Waals surface area contributed by atoms with E-state index >= 15 is 0 Å². The van der Waals surface area contributed by atoms with Crippen LogP contribution in [0, 0.1) is 6.92 Å². The van der Waals surface area contributed by atoms with Gasteiger partial charge in [-0.2, -0.15) is 0 Å². The number of hydrogen-bond acceptors (Lipinski definition) is 4. The van der Waals surface area contributed by atoms with Gasteiger partial charge in [0.15, 0.2) is 0 Å². The fourth-order valence-corrected chi connectivity index (χ4v) is 4.48. The van der Waals surface area contributed by atoms with Crippen molar-refractivity contribution in [1.82, 2.24) is 9.80 Å². The van der Waals surface area contributed by atoms with Crippen molar-refractivity contribution in [2.45, 2.75) is 19.9 Å². The zero-order valence-corrected chi connectivity index (χ0v) is 18.4. The Bertz CT molecular complexity index is 1000. The molecule has 1 fully saturated rings. The average Bonchev–Trinajstić information content (AvgIpc) is 2.68. The van der Waals surface area contributed by atoms with Crippen molar-refractivity contribution in [2.24, 2.45) is 0 Å². The van der Waals surface area contributed by atoms with Crippen LogP contribution in [0.4, 0.5) is 5.69 Å². The van der Waals surface area contributed by atoms with Gasteiger partial charge >= 0.3 is 0 Å². The number of nitrogens with zero attached hydrogens (tertiary/aromatic N) is 2. The van der Waals surface area contributed by atoms with Crippen LogP contribution < -0.4 is 4.72 Å². The molecule has 0 aromatic heterocycles. The number of aryl methyl sites for hydroxylation is 1. The molecule has 0 radical (unpaired) electrons. The molecule has 1 unspecified atom stereocenters. The number of sulfonamides is 1. The molecule has 1 atom stereocenters. The van der Waals surface area contributed by atoms with Gasteiger partial charge in [-0.3, -0.25) is 14.4 Å². The predicted octanol–water partition coefficient (Wildman–Crippen LogP) is 3.54. The lowest BCUT2D eigenvalue weighted by Crippen LogP contribution is -2.49. The zero-order chi connectivity index (χ0) is 21.2. The van der Waals surface area contributed by atoms with E-state index in [0.717, 1.165) is 35.5 Å². The van der Waals surface area contributed by atoms with E-state index in [1.54, 1.807) is 25.1 Å². The van der Waals surface area contributed by atoms with Gasteiger partial charge in [0.25, 0.3) is 5.91 Å². The van der Waals surface area contributed by atoms with Gasteiger partial charge in [-0.15, -0.1) is 0 Å². The van der Waals surface area contributed by atoms with E-state index in [4.69, 9.17) is 11.6 Å². The van der Waals surface area contributed by atoms with E-state index in [-0.39, 0.29) is 11.9 Å². The molecule has 0 aliphatic carbocycles. The van der Waals surface area contributed by atoms with E-state index in [0.29, 0.717) is 24.3 Å². The maximum absolute atomic E-state index is 12.9. The number of anilines is 1. The maximum atomic E-state index is 12.9. The molecular weight excluding hydrogens is 410 g/mol. The minimum Gasteiger partial charge on any atom is -0.336 e. The number of nitrogens with one attached hydrogen (secondary N) is 1. The van der Waals surface area contributed by atoms with Crippen molar-refractivity contribution in [3.8, 4) is 0 Å². The smallest absolute Gasteiger partial charge is 0.254 e. The molecule has 8 heteroatoms. The van der Waals surface area contributed by atoms with Crippen molar-refractivity contribution < 1.29 is 13.2 Å². The zero-order valence-electron chi connectivity index (χ0n) is 16.9. The van der Waals surface area contributed by atoms with Gasteiger partial charge in [-0.1, -0.05) is 35.9 Å². The third-order valence-electron chi connectivity index (χ3n) is 5.28. The molecule has 1 amide bonds. The average molecular weight is 436 g/mol. The van der Waals surface area contributed by atoms with E-state index < -0.39 is 10.0 Å². The van der Waals surface area contributed by atoms with E-state index in [1.165, 1.54) is 0 Å². The fourth-order valence-electron chi connectivity index (χ4n) is 3.57. The highest BCUT2D eigenvalue weighted by atomic mass is 35.5. The third kappa shape index (κ3) is 5.29. The number of benzene rings is 2. The summed E-state index contributed by atoms with van der Waals surface area (Å²) in [6.07, 6.45) is 1.10. The summed E-state index contributed by atoms with van der Waals surface area (Å²) < 4.78 is 25.6. The third-order valence-corrected chi connectivity index (χ3v) is 6.22. The van der Waals surface area contributed by atoms with Gasteiger partial charge in [-0.05, 0) is 43.2 Å². The molecule has 3 rings (SSSR count). The number of carbonyl (C=O) groups excluding carboxylic acids is 1. The molecule has 1 saturated heterocycles. The molecular formula is C21H26ClN3O3S. The summed E-state index contributed by atoms with van der Waals surface area (Å²) in [5.74, 6) is -0.0911. The van der Waals surface area contributed by atoms with Crippen molar-refractivity contribution in [1.29, 1.82) is 0 Å². The van der Waals surface area contributed by atoms with Gasteiger partial charge in [-0.25, -0.2) is 8.42 Å². The van der Waals surface area contributed by atoms with Crippen molar-refractivity contribution in [2.75, 3.05) is 37.2 Å². The molecule has 1 aliphatic rings. The lowest BCUT2D eigenvalue weighted by Gasteiger charge is -2.38. The lowest BCUT2D eigenvalue weighted by molar-refractivity contribution is 0.0582. The molecule has 1 N–H and O–H groups in total. The van der Waals surface area contributed by atoms with Crippen molar-refractivity contribution >= 4 is 33.2 Å². The van der Waals surface area contributed by atoms with Crippen LogP contribution in [0.2, 0.25) is 5.02 Å². The molecule has 0 bridgehead atoms. The van der Waals surface area contributed by atoms with Crippen LogP contribution >= 0.6 is 11.6 Å². The Labute approximate surface area is 177 Å². The summed E-state index contributed by atoms with van der Waals surface area (Å²) >= 11 is 6.33. The molecule has 29 heavy (non-hydrogen) atoms. The Hall–Kier alpha value is -2.09. The molecule has 156 valence electrons. The second kappa shape index (κ2) is 8.73. The van der Waals surface area contributed by atoms with Crippen LogP contribution in [-0.2, 0) is 10.0 Å². The second-order valence-corrected chi connectivity index (χ2v) is 9.59. The molecule has 1 aliphatic heterocycles. The van der Waals surface area contributed by atoms with Crippen LogP contribution in [0.25, 0.3) is 0 Å². The predicted molar refractivity (Wildman–Crippen MR) is 117 cm³/mol. The Morgan fingerprint density at radius 1 is 1.10 bits per heavy atom. The van der Waals surface area contributed by atoms with E-state index in [9.17, 15) is 13.2 Å². The first-order chi connectivity index (χ1) is 13.7. The minimum atomic E-state index is -3.41. The van der Waals surface area contributed by atoms with Crippen LogP contribution in [-0.4, -0.2) is 56.6 Å². The first-order valence-electron chi connectivity index (χ1n) is 9.52. The molecule has 2 aromatic rings. The van der Waals surface area contributed by atoms with Crippen LogP contribution in [0.3, 0.4) is 0 Å². The Kier molecular flexibility index (Phi) is 6.51. The summed E-state index contributed by atoms with van der Waals surface area (Å²) in [7, 11) is -3.41. The monoisotopic (exact) mass is 435 g/mol. The Balaban J connectivity index is 1.67. The Morgan fingerprint density at radius 3 is 2.38 bits per heavy atom. The number of rotatable bonds is 5. The normalized spacial score (nSPS) is 16.5. The molecule has 0 saturated carbocycles. The number of carbonyl (C=O) groups is 1. The topological polar surface area (TPSA) is 69.7 Å². The first-order valence-corrected chi connectivity index (χ1v) is 11.8. The fraction of sp³-hybridized carbons (Fsp3) is 0.381. The lowest BCUT2D eigenvalue weighted by atomic mass is 10.1. The Morgan fingerprint density at radius 2 is 1.76 bits per heavy atom. The second-order valence-electron chi connectivity index (χ2n) is 7.43. The number of halogens is 1. The van der Waals surface area contributed by atoms with Gasteiger partial charge in [0.05, 0.1) is 11.9 Å². The van der Waals surface area contributed by atoms with Gasteiger partial charge in [0.1, 0.15) is 0 Å². The summed E-state index contributed by atoms with van der Waals surface area (Å²) in [5, 5.41) is 0.754. The van der Waals surface area contributed by atoms with Crippen LogP contribution in [0.5, 0.6) is 0 Å². The summed E-state index contributed by atoms with van der Waals surface area (Å²) in [6.45, 7) is 6.64. The number of hydrogen-bond donors (Lipinski definition) is 1. The standard InChI is InChI=1S/C21H26ClN3O3S/c1-15-8-9-17(14-20(15)23-29(3,27)28)21(26)25-12-10-24(11-13-25)16(2)18-6-4-5-7-19(18)22/h4-9,14,16,23H,10-13H2,1-3H3. The minimum absolute atomic E-state index is 0.0911. The first kappa shape index (κ1) is 21.6. The van der Waals surface area contributed by atoms with Gasteiger partial charge in [0, 0.05) is 42.8 Å². The number of amides is 1. The summed E-state index contributed by atoms with van der Waals surface area (Å²) in [6, 6.07) is 13.1. The highest BCUT2D eigenvalue weighted by Crippen LogP contribution is 2.28. The summed E-state index contributed by atoms with van der Waals surface area (Å²) in [4.78, 5) is 17.1. The molecule has 0 spiro atoms. The largest absolute Gasteiger partial charge is 0.336 e. The van der Waals surface area contributed by atoms with Gasteiger partial charge < -0.3 is 4.90 Å². The highest BCUT2D eigenvalue weighted by molar-refractivity contribution is 7.92. The molecule has 2 aromatic carbocycles. The van der Waals surface area contributed by atoms with Crippen LogP contribution in [0.15, 0.2) is 42.5 Å².